The first-order chi connectivity index (χ1) is 10.3. The van der Waals surface area contributed by atoms with E-state index in [0.29, 0.717) is 5.01 Å². The second kappa shape index (κ2) is 4.76. The van der Waals surface area contributed by atoms with Gasteiger partial charge in [-0.1, -0.05) is 59.7 Å². The van der Waals surface area contributed by atoms with E-state index in [-0.39, 0.29) is 11.3 Å². The van der Waals surface area contributed by atoms with Crippen LogP contribution in [0.5, 0.6) is 0 Å². The maximum absolute atomic E-state index is 12.7. The minimum atomic E-state index is 0.0348. The zero-order valence-corrected chi connectivity index (χ0v) is 12.4. The first-order valence-electron chi connectivity index (χ1n) is 6.91. The summed E-state index contributed by atoms with van der Waals surface area (Å²) in [5.41, 5.74) is 4.27. The molecule has 4 rings (SSSR count). The molecule has 2 aliphatic heterocycles. The SMILES string of the molecule is CC1=N[NH+]2C([O-])=C(c3ccccc3)SC2c2ccccc21. The van der Waals surface area contributed by atoms with Crippen molar-refractivity contribution in [1.29, 1.82) is 0 Å². The quantitative estimate of drug-likeness (QED) is 0.870. The van der Waals surface area contributed by atoms with Crippen molar-refractivity contribution in [3.05, 3.63) is 77.2 Å². The van der Waals surface area contributed by atoms with Gasteiger partial charge >= 0.3 is 0 Å². The maximum Gasteiger partial charge on any atom is 0.193 e. The number of thioether (sulfide) groups is 1. The van der Waals surface area contributed by atoms with Crippen molar-refractivity contribution in [2.24, 2.45) is 5.10 Å². The van der Waals surface area contributed by atoms with E-state index in [1.54, 1.807) is 11.8 Å². The molecule has 0 spiro atoms. The molecule has 2 aromatic rings. The molecule has 1 N–H and O–H groups in total. The number of fused-ring (bicyclic) bond motifs is 3. The van der Waals surface area contributed by atoms with Crippen LogP contribution in [0, 0.1) is 0 Å². The van der Waals surface area contributed by atoms with E-state index in [9.17, 15) is 5.11 Å². The maximum atomic E-state index is 12.7. The largest absolute Gasteiger partial charge is 0.828 e. The number of hydrogen-bond acceptors (Lipinski definition) is 3. The fourth-order valence-corrected chi connectivity index (χ4v) is 4.19. The molecule has 4 heteroatoms. The second-order valence-corrected chi connectivity index (χ2v) is 6.31. The number of hydrogen-bond donors (Lipinski definition) is 1. The molecule has 0 fully saturated rings. The summed E-state index contributed by atoms with van der Waals surface area (Å²) in [7, 11) is 0. The highest BCUT2D eigenvalue weighted by atomic mass is 32.2. The lowest BCUT2D eigenvalue weighted by atomic mass is 10.0. The molecule has 0 aliphatic carbocycles. The summed E-state index contributed by atoms with van der Waals surface area (Å²) in [6.07, 6.45) is 0. The lowest BCUT2D eigenvalue weighted by Crippen LogP contribution is -3.06. The van der Waals surface area contributed by atoms with E-state index in [1.807, 2.05) is 49.4 Å². The molecular formula is C17H14N2OS. The van der Waals surface area contributed by atoms with Gasteiger partial charge in [0.15, 0.2) is 5.37 Å². The van der Waals surface area contributed by atoms with Gasteiger partial charge in [0.2, 0.25) is 0 Å². The molecule has 0 saturated carbocycles. The molecular weight excluding hydrogens is 280 g/mol. The number of rotatable bonds is 1. The van der Waals surface area contributed by atoms with Crippen LogP contribution in [0.4, 0.5) is 0 Å². The molecule has 21 heavy (non-hydrogen) atoms. The predicted molar refractivity (Wildman–Crippen MR) is 83.3 cm³/mol. The minimum absolute atomic E-state index is 0.0348. The fourth-order valence-electron chi connectivity index (χ4n) is 2.87. The molecule has 2 aromatic carbocycles. The first-order valence-corrected chi connectivity index (χ1v) is 7.79. The van der Waals surface area contributed by atoms with E-state index in [1.165, 1.54) is 5.56 Å². The van der Waals surface area contributed by atoms with Crippen LogP contribution in [0.2, 0.25) is 0 Å². The summed E-state index contributed by atoms with van der Waals surface area (Å²) in [6.45, 7) is 1.97. The van der Waals surface area contributed by atoms with Crippen molar-refractivity contribution in [2.75, 3.05) is 0 Å². The molecule has 0 aromatic heterocycles. The monoisotopic (exact) mass is 294 g/mol. The molecule has 0 amide bonds. The smallest absolute Gasteiger partial charge is 0.193 e. The Bertz CT molecular complexity index is 767. The second-order valence-electron chi connectivity index (χ2n) is 5.19. The molecule has 2 unspecified atom stereocenters. The van der Waals surface area contributed by atoms with Gasteiger partial charge < -0.3 is 5.11 Å². The molecule has 2 aliphatic rings. The molecule has 2 atom stereocenters. The Morgan fingerprint density at radius 2 is 1.76 bits per heavy atom. The zero-order valence-electron chi connectivity index (χ0n) is 11.5. The molecule has 0 saturated heterocycles. The summed E-state index contributed by atoms with van der Waals surface area (Å²) >= 11 is 1.62. The van der Waals surface area contributed by atoms with Crippen LogP contribution in [0.3, 0.4) is 0 Å². The van der Waals surface area contributed by atoms with Crippen LogP contribution in [0.25, 0.3) is 4.91 Å². The highest BCUT2D eigenvalue weighted by Gasteiger charge is 2.40. The van der Waals surface area contributed by atoms with Gasteiger partial charge in [0, 0.05) is 11.1 Å². The van der Waals surface area contributed by atoms with Crippen LogP contribution in [-0.4, -0.2) is 5.71 Å². The van der Waals surface area contributed by atoms with Crippen molar-refractivity contribution in [3.63, 3.8) is 0 Å². The zero-order chi connectivity index (χ0) is 14.4. The third-order valence-electron chi connectivity index (χ3n) is 3.88. The Kier molecular flexibility index (Phi) is 2.87. The van der Waals surface area contributed by atoms with Crippen LogP contribution in [-0.2, 0) is 0 Å². The van der Waals surface area contributed by atoms with Gasteiger partial charge in [-0.05, 0) is 24.2 Å². The van der Waals surface area contributed by atoms with Crippen LogP contribution >= 0.6 is 11.8 Å². The van der Waals surface area contributed by atoms with E-state index in [4.69, 9.17) is 0 Å². The van der Waals surface area contributed by atoms with Gasteiger partial charge in [0.1, 0.15) is 11.6 Å². The summed E-state index contributed by atoms with van der Waals surface area (Å²) in [5, 5.41) is 18.0. The highest BCUT2D eigenvalue weighted by Crippen LogP contribution is 2.43. The van der Waals surface area contributed by atoms with Crippen molar-refractivity contribution in [2.45, 2.75) is 12.3 Å². The third-order valence-corrected chi connectivity index (χ3v) is 5.25. The van der Waals surface area contributed by atoms with Gasteiger partial charge in [-0.15, -0.1) is 0 Å². The van der Waals surface area contributed by atoms with E-state index in [2.05, 4.69) is 17.2 Å². The standard InChI is InChI=1S/C17H14N2OS/c1-11-13-9-5-6-10-14(13)17-19(18-11)16(20)15(21-17)12-7-3-2-4-8-12/h2-10,17,20H,1H3. The molecule has 0 radical (unpaired) electrons. The highest BCUT2D eigenvalue weighted by molar-refractivity contribution is 8.08. The Hall–Kier alpha value is -2.04. The van der Waals surface area contributed by atoms with Gasteiger partial charge in [-0.3, -0.25) is 0 Å². The number of benzene rings is 2. The van der Waals surface area contributed by atoms with E-state index >= 15 is 0 Å². The third kappa shape index (κ3) is 1.91. The van der Waals surface area contributed by atoms with Crippen LogP contribution in [0.15, 0.2) is 65.6 Å². The molecule has 3 nitrogen and oxygen atoms in total. The summed E-state index contributed by atoms with van der Waals surface area (Å²) in [4.78, 5) is 0.809. The normalized spacial score (nSPS) is 23.6. The average Bonchev–Trinajstić information content (AvgIpc) is 2.86. The Balaban J connectivity index is 1.82. The van der Waals surface area contributed by atoms with Crippen LogP contribution in [0.1, 0.15) is 29.0 Å². The van der Waals surface area contributed by atoms with Crippen molar-refractivity contribution in [3.8, 4) is 0 Å². The first kappa shape index (κ1) is 12.7. The number of nitrogens with zero attached hydrogens (tertiary/aromatic N) is 1. The van der Waals surface area contributed by atoms with E-state index in [0.717, 1.165) is 21.7 Å². The minimum Gasteiger partial charge on any atom is -0.828 e. The number of quaternary nitrogens is 1. The molecule has 104 valence electrons. The average molecular weight is 294 g/mol. The fraction of sp³-hybridized carbons (Fsp3) is 0.118. The molecule has 0 bridgehead atoms. The predicted octanol–water partition coefficient (Wildman–Crippen LogP) is 1.74. The van der Waals surface area contributed by atoms with E-state index < -0.39 is 0 Å². The lowest BCUT2D eigenvalue weighted by molar-refractivity contribution is -0.928. The van der Waals surface area contributed by atoms with Crippen LogP contribution < -0.4 is 10.1 Å². The topological polar surface area (TPSA) is 39.9 Å². The van der Waals surface area contributed by atoms with Gasteiger partial charge in [-0.2, -0.15) is 5.01 Å². The Labute approximate surface area is 127 Å². The van der Waals surface area contributed by atoms with Gasteiger partial charge in [0.05, 0.1) is 4.91 Å². The Morgan fingerprint density at radius 1 is 1.05 bits per heavy atom. The van der Waals surface area contributed by atoms with Crippen molar-refractivity contribution >= 4 is 22.4 Å². The lowest BCUT2D eigenvalue weighted by Gasteiger charge is -2.26. The number of nitrogens with one attached hydrogen (secondary N) is 1. The summed E-state index contributed by atoms with van der Waals surface area (Å²) < 4.78 is 0. The summed E-state index contributed by atoms with van der Waals surface area (Å²) in [5.74, 6) is 0.0741. The van der Waals surface area contributed by atoms with Gasteiger partial charge in [0.25, 0.3) is 0 Å². The van der Waals surface area contributed by atoms with Crippen molar-refractivity contribution in [1.82, 2.24) is 0 Å². The van der Waals surface area contributed by atoms with Gasteiger partial charge in [-0.25, -0.2) is 0 Å². The summed E-state index contributed by atoms with van der Waals surface area (Å²) in [6, 6.07) is 18.1. The Morgan fingerprint density at radius 3 is 2.57 bits per heavy atom. The van der Waals surface area contributed by atoms with Crippen molar-refractivity contribution < 1.29 is 10.1 Å². The molecule has 2 heterocycles.